The SMILES string of the molecule is CN(C)C(=O)Oc1ccccc1[C@@H]1CCCN1. The number of hydrogen-bond donors (Lipinski definition) is 1. The zero-order chi connectivity index (χ0) is 12.3. The van der Waals surface area contributed by atoms with Crippen molar-refractivity contribution < 1.29 is 9.53 Å². The molecule has 1 N–H and O–H groups in total. The van der Waals surface area contributed by atoms with Crippen LogP contribution in [0.4, 0.5) is 4.79 Å². The number of para-hydroxylation sites is 1. The van der Waals surface area contributed by atoms with Gasteiger partial charge in [0.15, 0.2) is 0 Å². The van der Waals surface area contributed by atoms with Crippen molar-refractivity contribution in [3.05, 3.63) is 29.8 Å². The van der Waals surface area contributed by atoms with Gasteiger partial charge in [-0.15, -0.1) is 0 Å². The van der Waals surface area contributed by atoms with Crippen LogP contribution in [0.1, 0.15) is 24.4 Å². The van der Waals surface area contributed by atoms with Crippen LogP contribution < -0.4 is 10.1 Å². The number of carbonyl (C=O) groups is 1. The zero-order valence-corrected chi connectivity index (χ0v) is 10.3. The molecular formula is C13H18N2O2. The monoisotopic (exact) mass is 234 g/mol. The number of nitrogens with zero attached hydrogens (tertiary/aromatic N) is 1. The van der Waals surface area contributed by atoms with E-state index >= 15 is 0 Å². The molecule has 1 aromatic rings. The summed E-state index contributed by atoms with van der Waals surface area (Å²) in [6, 6.07) is 8.03. The maximum atomic E-state index is 11.6. The molecule has 0 bridgehead atoms. The fourth-order valence-corrected chi connectivity index (χ4v) is 2.00. The van der Waals surface area contributed by atoms with Gasteiger partial charge in [0.1, 0.15) is 5.75 Å². The Labute approximate surface area is 102 Å². The molecule has 92 valence electrons. The molecule has 0 radical (unpaired) electrons. The number of carbonyl (C=O) groups excluding carboxylic acids is 1. The van der Waals surface area contributed by atoms with E-state index in [9.17, 15) is 4.79 Å². The Morgan fingerprint density at radius 2 is 2.18 bits per heavy atom. The van der Waals surface area contributed by atoms with E-state index in [0.29, 0.717) is 11.8 Å². The summed E-state index contributed by atoms with van der Waals surface area (Å²) in [5, 5.41) is 3.41. The standard InChI is InChI=1S/C13H18N2O2/c1-15(2)13(16)17-12-8-4-3-6-10(12)11-7-5-9-14-11/h3-4,6,8,11,14H,5,7,9H2,1-2H3/t11-/m0/s1. The van der Waals surface area contributed by atoms with Crippen LogP contribution in [0.2, 0.25) is 0 Å². The van der Waals surface area contributed by atoms with Crippen molar-refractivity contribution in [2.45, 2.75) is 18.9 Å². The molecule has 1 heterocycles. The van der Waals surface area contributed by atoms with Crippen LogP contribution in [-0.4, -0.2) is 31.6 Å². The smallest absolute Gasteiger partial charge is 0.410 e. The van der Waals surface area contributed by atoms with E-state index < -0.39 is 0 Å². The molecule has 1 amide bonds. The van der Waals surface area contributed by atoms with E-state index in [1.807, 2.05) is 24.3 Å². The van der Waals surface area contributed by atoms with Gasteiger partial charge in [0.2, 0.25) is 0 Å². The predicted octanol–water partition coefficient (Wildman–Crippen LogP) is 2.17. The predicted molar refractivity (Wildman–Crippen MR) is 66.1 cm³/mol. The highest BCUT2D eigenvalue weighted by atomic mass is 16.6. The summed E-state index contributed by atoms with van der Waals surface area (Å²) < 4.78 is 5.37. The first kappa shape index (κ1) is 11.9. The Morgan fingerprint density at radius 1 is 1.41 bits per heavy atom. The quantitative estimate of drug-likeness (QED) is 0.852. The number of amides is 1. The number of ether oxygens (including phenoxy) is 1. The van der Waals surface area contributed by atoms with Crippen LogP contribution >= 0.6 is 0 Å². The lowest BCUT2D eigenvalue weighted by atomic mass is 10.0. The maximum Gasteiger partial charge on any atom is 0.414 e. The number of nitrogens with one attached hydrogen (secondary N) is 1. The first-order valence-electron chi connectivity index (χ1n) is 5.90. The summed E-state index contributed by atoms with van der Waals surface area (Å²) in [6.45, 7) is 1.03. The van der Waals surface area contributed by atoms with Crippen LogP contribution in [0.25, 0.3) is 0 Å². The zero-order valence-electron chi connectivity index (χ0n) is 10.3. The van der Waals surface area contributed by atoms with Gasteiger partial charge in [-0.05, 0) is 25.5 Å². The van der Waals surface area contributed by atoms with Gasteiger partial charge in [0.05, 0.1) is 0 Å². The fourth-order valence-electron chi connectivity index (χ4n) is 2.00. The summed E-state index contributed by atoms with van der Waals surface area (Å²) in [6.07, 6.45) is 1.92. The third kappa shape index (κ3) is 2.77. The van der Waals surface area contributed by atoms with E-state index in [4.69, 9.17) is 4.74 Å². The Balaban J connectivity index is 2.18. The highest BCUT2D eigenvalue weighted by Gasteiger charge is 2.21. The average molecular weight is 234 g/mol. The van der Waals surface area contributed by atoms with Crippen molar-refractivity contribution in [1.82, 2.24) is 10.2 Å². The second-order valence-electron chi connectivity index (χ2n) is 4.45. The third-order valence-electron chi connectivity index (χ3n) is 2.92. The van der Waals surface area contributed by atoms with Crippen LogP contribution in [-0.2, 0) is 0 Å². The molecule has 1 aliphatic rings. The normalized spacial score (nSPS) is 19.1. The number of benzene rings is 1. The molecule has 17 heavy (non-hydrogen) atoms. The molecule has 0 unspecified atom stereocenters. The first-order valence-corrected chi connectivity index (χ1v) is 5.90. The molecule has 1 saturated heterocycles. The molecule has 1 aliphatic heterocycles. The second-order valence-corrected chi connectivity index (χ2v) is 4.45. The lowest BCUT2D eigenvalue weighted by molar-refractivity contribution is 0.171. The Bertz CT molecular complexity index is 398. The van der Waals surface area contributed by atoms with E-state index in [2.05, 4.69) is 5.32 Å². The Kier molecular flexibility index (Phi) is 3.64. The topological polar surface area (TPSA) is 41.6 Å². The van der Waals surface area contributed by atoms with Crippen LogP contribution in [0, 0.1) is 0 Å². The molecule has 0 aromatic heterocycles. The summed E-state index contributed by atoms with van der Waals surface area (Å²) in [5.74, 6) is 0.658. The molecule has 1 fully saturated rings. The molecule has 2 rings (SSSR count). The minimum atomic E-state index is -0.338. The number of rotatable bonds is 2. The van der Waals surface area contributed by atoms with Crippen molar-refractivity contribution in [3.8, 4) is 5.75 Å². The number of hydrogen-bond acceptors (Lipinski definition) is 3. The van der Waals surface area contributed by atoms with Gasteiger partial charge < -0.3 is 15.0 Å². The van der Waals surface area contributed by atoms with E-state index in [-0.39, 0.29) is 6.09 Å². The highest BCUT2D eigenvalue weighted by molar-refractivity contribution is 5.70. The summed E-state index contributed by atoms with van der Waals surface area (Å²) in [4.78, 5) is 13.0. The minimum Gasteiger partial charge on any atom is -0.410 e. The van der Waals surface area contributed by atoms with E-state index in [1.54, 1.807) is 14.1 Å². The van der Waals surface area contributed by atoms with Crippen LogP contribution in [0.15, 0.2) is 24.3 Å². The van der Waals surface area contributed by atoms with Crippen molar-refractivity contribution in [1.29, 1.82) is 0 Å². The molecule has 1 atom stereocenters. The average Bonchev–Trinajstić information content (AvgIpc) is 2.83. The van der Waals surface area contributed by atoms with E-state index in [0.717, 1.165) is 18.5 Å². The largest absolute Gasteiger partial charge is 0.414 e. The first-order chi connectivity index (χ1) is 8.18. The molecule has 0 spiro atoms. The Hall–Kier alpha value is -1.55. The second kappa shape index (κ2) is 5.19. The molecular weight excluding hydrogens is 216 g/mol. The highest BCUT2D eigenvalue weighted by Crippen LogP contribution is 2.30. The van der Waals surface area contributed by atoms with Gasteiger partial charge in [0.25, 0.3) is 0 Å². The third-order valence-corrected chi connectivity index (χ3v) is 2.92. The van der Waals surface area contributed by atoms with Crippen molar-refractivity contribution in [2.75, 3.05) is 20.6 Å². The molecule has 4 nitrogen and oxygen atoms in total. The maximum absolute atomic E-state index is 11.6. The van der Waals surface area contributed by atoms with Crippen LogP contribution in [0.5, 0.6) is 5.75 Å². The summed E-state index contributed by atoms with van der Waals surface area (Å²) in [7, 11) is 3.36. The molecule has 1 aromatic carbocycles. The summed E-state index contributed by atoms with van der Waals surface area (Å²) >= 11 is 0. The summed E-state index contributed by atoms with van der Waals surface area (Å²) in [5.41, 5.74) is 1.07. The molecule has 0 aliphatic carbocycles. The minimum absolute atomic E-state index is 0.307. The van der Waals surface area contributed by atoms with Crippen molar-refractivity contribution >= 4 is 6.09 Å². The van der Waals surface area contributed by atoms with Crippen molar-refractivity contribution in [3.63, 3.8) is 0 Å². The van der Waals surface area contributed by atoms with Gasteiger partial charge in [-0.25, -0.2) is 4.79 Å². The van der Waals surface area contributed by atoms with Gasteiger partial charge in [-0.1, -0.05) is 18.2 Å². The van der Waals surface area contributed by atoms with Gasteiger partial charge >= 0.3 is 6.09 Å². The fraction of sp³-hybridized carbons (Fsp3) is 0.462. The van der Waals surface area contributed by atoms with Crippen LogP contribution in [0.3, 0.4) is 0 Å². The van der Waals surface area contributed by atoms with Gasteiger partial charge in [0, 0.05) is 25.7 Å². The molecule has 4 heteroatoms. The van der Waals surface area contributed by atoms with Crippen molar-refractivity contribution in [2.24, 2.45) is 0 Å². The van der Waals surface area contributed by atoms with E-state index in [1.165, 1.54) is 11.3 Å². The lowest BCUT2D eigenvalue weighted by Crippen LogP contribution is -2.26. The molecule has 0 saturated carbocycles. The van der Waals surface area contributed by atoms with Gasteiger partial charge in [-0.3, -0.25) is 0 Å². The Morgan fingerprint density at radius 3 is 2.82 bits per heavy atom. The van der Waals surface area contributed by atoms with Gasteiger partial charge in [-0.2, -0.15) is 0 Å². The lowest BCUT2D eigenvalue weighted by Gasteiger charge is -2.17.